The number of hydrogen-bond acceptors (Lipinski definition) is 3. The van der Waals surface area contributed by atoms with Gasteiger partial charge in [0.15, 0.2) is 5.13 Å². The van der Waals surface area contributed by atoms with Gasteiger partial charge in [-0.2, -0.15) is 13.2 Å². The molecule has 0 radical (unpaired) electrons. The summed E-state index contributed by atoms with van der Waals surface area (Å²) in [7, 11) is 0. The van der Waals surface area contributed by atoms with Crippen molar-refractivity contribution in [2.24, 2.45) is 17.3 Å². The van der Waals surface area contributed by atoms with Crippen LogP contribution >= 0.6 is 11.3 Å². The molecular formula is C18H21F3N2OS. The second-order valence-corrected chi connectivity index (χ2v) is 8.50. The lowest BCUT2D eigenvalue weighted by molar-refractivity contribution is -0.137. The molecule has 7 heteroatoms. The van der Waals surface area contributed by atoms with Crippen LogP contribution in [0, 0.1) is 17.3 Å². The maximum absolute atomic E-state index is 12.8. The van der Waals surface area contributed by atoms with E-state index in [-0.39, 0.29) is 28.7 Å². The average molecular weight is 370 g/mol. The SMILES string of the molecule is CC1C(C(=O)Nc2nc3cc(C(F)(F)F)ccc3s2)CCCC1(C)C. The number of nitrogens with zero attached hydrogens (tertiary/aromatic N) is 1. The summed E-state index contributed by atoms with van der Waals surface area (Å²) in [4.78, 5) is 16.8. The molecule has 136 valence electrons. The Morgan fingerprint density at radius 1 is 1.36 bits per heavy atom. The van der Waals surface area contributed by atoms with Crippen LogP contribution in [0.1, 0.15) is 45.6 Å². The van der Waals surface area contributed by atoms with E-state index >= 15 is 0 Å². The first-order valence-electron chi connectivity index (χ1n) is 8.36. The smallest absolute Gasteiger partial charge is 0.302 e. The number of nitrogens with one attached hydrogen (secondary N) is 1. The molecule has 3 rings (SSSR count). The lowest BCUT2D eigenvalue weighted by Crippen LogP contribution is -2.39. The van der Waals surface area contributed by atoms with E-state index in [1.54, 1.807) is 0 Å². The van der Waals surface area contributed by atoms with Crippen LogP contribution in [-0.2, 0) is 11.0 Å². The van der Waals surface area contributed by atoms with Gasteiger partial charge in [0, 0.05) is 5.92 Å². The fourth-order valence-electron chi connectivity index (χ4n) is 3.51. The van der Waals surface area contributed by atoms with Gasteiger partial charge in [0.1, 0.15) is 0 Å². The highest BCUT2D eigenvalue weighted by atomic mass is 32.1. The van der Waals surface area contributed by atoms with Gasteiger partial charge in [0.2, 0.25) is 5.91 Å². The third-order valence-electron chi connectivity index (χ3n) is 5.45. The molecule has 2 unspecified atom stereocenters. The van der Waals surface area contributed by atoms with Crippen LogP contribution in [-0.4, -0.2) is 10.9 Å². The molecule has 1 heterocycles. The summed E-state index contributed by atoms with van der Waals surface area (Å²) in [6, 6.07) is 3.46. The summed E-state index contributed by atoms with van der Waals surface area (Å²) >= 11 is 1.20. The molecule has 1 N–H and O–H groups in total. The van der Waals surface area contributed by atoms with Crippen molar-refractivity contribution < 1.29 is 18.0 Å². The Balaban J connectivity index is 1.79. The molecule has 3 nitrogen and oxygen atoms in total. The number of amides is 1. The Hall–Kier alpha value is -1.63. The van der Waals surface area contributed by atoms with Gasteiger partial charge in [-0.05, 0) is 42.4 Å². The molecule has 0 saturated heterocycles. The van der Waals surface area contributed by atoms with Crippen LogP contribution in [0.15, 0.2) is 18.2 Å². The molecule has 0 aliphatic heterocycles. The van der Waals surface area contributed by atoms with E-state index in [4.69, 9.17) is 0 Å². The fourth-order valence-corrected chi connectivity index (χ4v) is 4.36. The minimum atomic E-state index is -4.40. The zero-order valence-corrected chi connectivity index (χ0v) is 15.2. The highest BCUT2D eigenvalue weighted by molar-refractivity contribution is 7.22. The zero-order chi connectivity index (χ0) is 18.4. The van der Waals surface area contributed by atoms with Crippen LogP contribution < -0.4 is 5.32 Å². The van der Waals surface area contributed by atoms with E-state index < -0.39 is 11.7 Å². The van der Waals surface area contributed by atoms with Crippen molar-refractivity contribution in [2.45, 2.75) is 46.2 Å². The first-order valence-corrected chi connectivity index (χ1v) is 9.18. The van der Waals surface area contributed by atoms with Crippen molar-refractivity contribution in [2.75, 3.05) is 5.32 Å². The number of aromatic nitrogens is 1. The highest BCUT2D eigenvalue weighted by Gasteiger charge is 2.39. The topological polar surface area (TPSA) is 42.0 Å². The van der Waals surface area contributed by atoms with E-state index in [1.807, 2.05) is 0 Å². The number of rotatable bonds is 2. The normalized spacial score (nSPS) is 23.6. The average Bonchev–Trinajstić information content (AvgIpc) is 2.90. The highest BCUT2D eigenvalue weighted by Crippen LogP contribution is 2.44. The molecule has 1 aliphatic carbocycles. The zero-order valence-electron chi connectivity index (χ0n) is 14.4. The van der Waals surface area contributed by atoms with Crippen molar-refractivity contribution >= 4 is 32.6 Å². The standard InChI is InChI=1S/C18H21F3N2OS/c1-10-12(5-4-8-17(10,2)3)15(24)23-16-22-13-9-11(18(19,20)21)6-7-14(13)25-16/h6-7,9-10,12H,4-5,8H2,1-3H3,(H,22,23,24). The summed E-state index contributed by atoms with van der Waals surface area (Å²) in [5.74, 6) is 0.0596. The molecule has 1 fully saturated rings. The molecule has 1 aromatic heterocycles. The van der Waals surface area contributed by atoms with Crippen molar-refractivity contribution in [1.29, 1.82) is 0 Å². The summed E-state index contributed by atoms with van der Waals surface area (Å²) < 4.78 is 39.0. The van der Waals surface area contributed by atoms with E-state index in [2.05, 4.69) is 31.1 Å². The lowest BCUT2D eigenvalue weighted by Gasteiger charge is -2.41. The predicted octanol–water partition coefficient (Wildman–Crippen LogP) is 5.72. The maximum atomic E-state index is 12.8. The van der Waals surface area contributed by atoms with Gasteiger partial charge in [0.05, 0.1) is 15.8 Å². The minimum Gasteiger partial charge on any atom is -0.302 e. The van der Waals surface area contributed by atoms with Crippen LogP contribution in [0.3, 0.4) is 0 Å². The molecular weight excluding hydrogens is 349 g/mol. The summed E-state index contributed by atoms with van der Waals surface area (Å²) in [5.41, 5.74) is -0.367. The molecule has 0 bridgehead atoms. The second kappa shape index (κ2) is 6.27. The number of fused-ring (bicyclic) bond motifs is 1. The van der Waals surface area contributed by atoms with Gasteiger partial charge in [0.25, 0.3) is 0 Å². The van der Waals surface area contributed by atoms with Crippen molar-refractivity contribution in [3.63, 3.8) is 0 Å². The Bertz CT molecular complexity index is 797. The van der Waals surface area contributed by atoms with E-state index in [0.29, 0.717) is 9.83 Å². The molecule has 2 aromatic rings. The summed E-state index contributed by atoms with van der Waals surface area (Å²) in [5, 5.41) is 3.17. The lowest BCUT2D eigenvalue weighted by atomic mass is 9.64. The van der Waals surface area contributed by atoms with Gasteiger partial charge in [-0.15, -0.1) is 0 Å². The number of halogens is 3. The molecule has 25 heavy (non-hydrogen) atoms. The molecule has 1 saturated carbocycles. The van der Waals surface area contributed by atoms with Gasteiger partial charge < -0.3 is 5.32 Å². The van der Waals surface area contributed by atoms with Crippen LogP contribution in [0.25, 0.3) is 10.2 Å². The van der Waals surface area contributed by atoms with Gasteiger partial charge in [-0.25, -0.2) is 4.98 Å². The number of alkyl halides is 3. The van der Waals surface area contributed by atoms with Gasteiger partial charge in [-0.3, -0.25) is 4.79 Å². The Kier molecular flexibility index (Phi) is 4.56. The number of thiazole rings is 1. The van der Waals surface area contributed by atoms with Crippen molar-refractivity contribution in [1.82, 2.24) is 4.98 Å². The summed E-state index contributed by atoms with van der Waals surface area (Å²) in [6.07, 6.45) is -1.46. The van der Waals surface area contributed by atoms with Crippen LogP contribution in [0.5, 0.6) is 0 Å². The Morgan fingerprint density at radius 2 is 2.08 bits per heavy atom. The monoisotopic (exact) mass is 370 g/mol. The first kappa shape index (κ1) is 18.2. The van der Waals surface area contributed by atoms with Crippen LogP contribution in [0.4, 0.5) is 18.3 Å². The van der Waals surface area contributed by atoms with E-state index in [1.165, 1.54) is 17.4 Å². The number of anilines is 1. The first-order chi connectivity index (χ1) is 11.6. The number of carbonyl (C=O) groups excluding carboxylic acids is 1. The van der Waals surface area contributed by atoms with E-state index in [9.17, 15) is 18.0 Å². The third-order valence-corrected chi connectivity index (χ3v) is 6.41. The van der Waals surface area contributed by atoms with Gasteiger partial charge in [-0.1, -0.05) is 38.5 Å². The number of benzene rings is 1. The number of carbonyl (C=O) groups is 1. The molecule has 1 amide bonds. The quantitative estimate of drug-likeness (QED) is 0.735. The summed E-state index contributed by atoms with van der Waals surface area (Å²) in [6.45, 7) is 6.44. The van der Waals surface area contributed by atoms with Crippen molar-refractivity contribution in [3.8, 4) is 0 Å². The third kappa shape index (κ3) is 3.66. The molecule has 0 spiro atoms. The van der Waals surface area contributed by atoms with E-state index in [0.717, 1.165) is 31.4 Å². The number of hydrogen-bond donors (Lipinski definition) is 1. The molecule has 1 aliphatic rings. The second-order valence-electron chi connectivity index (χ2n) is 7.46. The fraction of sp³-hybridized carbons (Fsp3) is 0.556. The van der Waals surface area contributed by atoms with Crippen LogP contribution in [0.2, 0.25) is 0 Å². The largest absolute Gasteiger partial charge is 0.416 e. The maximum Gasteiger partial charge on any atom is 0.416 e. The Morgan fingerprint density at radius 3 is 2.76 bits per heavy atom. The minimum absolute atomic E-state index is 0.0876. The van der Waals surface area contributed by atoms with Gasteiger partial charge >= 0.3 is 6.18 Å². The molecule has 2 atom stereocenters. The van der Waals surface area contributed by atoms with Crippen molar-refractivity contribution in [3.05, 3.63) is 23.8 Å². The predicted molar refractivity (Wildman–Crippen MR) is 93.5 cm³/mol. The molecule has 1 aromatic carbocycles. The Labute approximate surface area is 148 Å².